The minimum absolute atomic E-state index is 0.157. The first-order valence-electron chi connectivity index (χ1n) is 6.18. The molecule has 4 heteroatoms. The molecule has 0 aliphatic rings. The maximum absolute atomic E-state index is 6.12. The Labute approximate surface area is 102 Å². The van der Waals surface area contributed by atoms with Crippen molar-refractivity contribution >= 4 is 11.0 Å². The van der Waals surface area contributed by atoms with Gasteiger partial charge in [-0.1, -0.05) is 13.8 Å². The normalized spacial score (nSPS) is 13.5. The van der Waals surface area contributed by atoms with Crippen LogP contribution >= 0.6 is 0 Å². The van der Waals surface area contributed by atoms with Crippen LogP contribution in [0.1, 0.15) is 26.6 Å². The Bertz CT molecular complexity index is 501. The van der Waals surface area contributed by atoms with Crippen molar-refractivity contribution in [3.63, 3.8) is 0 Å². The number of rotatable bonds is 4. The van der Waals surface area contributed by atoms with Crippen molar-refractivity contribution in [1.82, 2.24) is 14.5 Å². The van der Waals surface area contributed by atoms with E-state index in [1.807, 2.05) is 18.5 Å². The van der Waals surface area contributed by atoms with E-state index in [1.165, 1.54) is 0 Å². The molecule has 0 spiro atoms. The molecule has 0 aliphatic carbocycles. The lowest BCUT2D eigenvalue weighted by atomic mass is 10.0. The van der Waals surface area contributed by atoms with Gasteiger partial charge in [0.25, 0.3) is 0 Å². The summed E-state index contributed by atoms with van der Waals surface area (Å²) in [5, 5.41) is 0. The molecule has 2 aromatic heterocycles. The Morgan fingerprint density at radius 1 is 1.41 bits per heavy atom. The van der Waals surface area contributed by atoms with E-state index in [2.05, 4.69) is 35.3 Å². The molecule has 0 fully saturated rings. The smallest absolute Gasteiger partial charge is 0.111 e. The minimum Gasteiger partial charge on any atom is -0.328 e. The van der Waals surface area contributed by atoms with Crippen molar-refractivity contribution in [3.05, 3.63) is 24.3 Å². The quantitative estimate of drug-likeness (QED) is 0.877. The van der Waals surface area contributed by atoms with E-state index < -0.39 is 0 Å². The van der Waals surface area contributed by atoms with Gasteiger partial charge < -0.3 is 10.3 Å². The van der Waals surface area contributed by atoms with Crippen LogP contribution in [0.5, 0.6) is 0 Å². The van der Waals surface area contributed by atoms with Gasteiger partial charge in [0.15, 0.2) is 0 Å². The Hall–Kier alpha value is -1.42. The summed E-state index contributed by atoms with van der Waals surface area (Å²) < 4.78 is 2.22. The molecule has 0 aromatic carbocycles. The first-order chi connectivity index (χ1) is 8.13. The molecule has 4 nitrogen and oxygen atoms in total. The van der Waals surface area contributed by atoms with Crippen LogP contribution in [0.15, 0.2) is 18.5 Å². The number of aromatic nitrogens is 3. The number of hydrogen-bond acceptors (Lipinski definition) is 3. The maximum Gasteiger partial charge on any atom is 0.111 e. The van der Waals surface area contributed by atoms with Crippen molar-refractivity contribution in [1.29, 1.82) is 0 Å². The summed E-state index contributed by atoms with van der Waals surface area (Å²) in [6.45, 7) is 7.34. The van der Waals surface area contributed by atoms with Gasteiger partial charge in [0, 0.05) is 25.2 Å². The van der Waals surface area contributed by atoms with E-state index in [0.717, 1.165) is 29.8 Å². The van der Waals surface area contributed by atoms with Crippen molar-refractivity contribution in [2.75, 3.05) is 0 Å². The van der Waals surface area contributed by atoms with E-state index in [-0.39, 0.29) is 6.04 Å². The first-order valence-corrected chi connectivity index (χ1v) is 6.18. The van der Waals surface area contributed by atoms with Gasteiger partial charge in [0.2, 0.25) is 0 Å². The fraction of sp³-hybridized carbons (Fsp3) is 0.538. The Kier molecular flexibility index (Phi) is 3.43. The number of fused-ring (bicyclic) bond motifs is 1. The maximum atomic E-state index is 6.12. The molecule has 92 valence electrons. The number of nitrogens with two attached hydrogens (primary N) is 1. The molecule has 0 saturated carbocycles. The van der Waals surface area contributed by atoms with Crippen LogP contribution in [0.25, 0.3) is 11.0 Å². The number of nitrogens with zero attached hydrogens (tertiary/aromatic N) is 3. The molecule has 2 heterocycles. The third-order valence-corrected chi connectivity index (χ3v) is 3.22. The molecule has 0 radical (unpaired) electrons. The number of aryl methyl sites for hydroxylation is 1. The van der Waals surface area contributed by atoms with E-state index in [9.17, 15) is 0 Å². The Balaban J connectivity index is 2.39. The van der Waals surface area contributed by atoms with E-state index in [4.69, 9.17) is 5.73 Å². The molecule has 2 N–H and O–H groups in total. The largest absolute Gasteiger partial charge is 0.328 e. The highest BCUT2D eigenvalue weighted by Crippen LogP contribution is 2.17. The first kappa shape index (κ1) is 12.0. The van der Waals surface area contributed by atoms with E-state index in [0.29, 0.717) is 5.92 Å². The molecule has 1 atom stereocenters. The summed E-state index contributed by atoms with van der Waals surface area (Å²) in [6, 6.07) is 2.17. The molecule has 0 saturated heterocycles. The van der Waals surface area contributed by atoms with Gasteiger partial charge in [-0.15, -0.1) is 0 Å². The van der Waals surface area contributed by atoms with Gasteiger partial charge in [-0.25, -0.2) is 4.98 Å². The van der Waals surface area contributed by atoms with E-state index in [1.54, 1.807) is 0 Å². The van der Waals surface area contributed by atoms with Crippen molar-refractivity contribution < 1.29 is 0 Å². The SMILES string of the molecule is CCn1c(CC(N)C(C)C)nc2cnccc21. The number of imidazole rings is 1. The number of pyridine rings is 1. The highest BCUT2D eigenvalue weighted by Gasteiger charge is 2.14. The molecule has 0 bridgehead atoms. The van der Waals surface area contributed by atoms with Crippen LogP contribution in [0.2, 0.25) is 0 Å². The van der Waals surface area contributed by atoms with Crippen molar-refractivity contribution in [3.8, 4) is 0 Å². The third kappa shape index (κ3) is 2.31. The predicted molar refractivity (Wildman–Crippen MR) is 69.7 cm³/mol. The summed E-state index contributed by atoms with van der Waals surface area (Å²) in [4.78, 5) is 8.74. The molecular weight excluding hydrogens is 212 g/mol. The van der Waals surface area contributed by atoms with Gasteiger partial charge in [-0.3, -0.25) is 4.98 Å². The summed E-state index contributed by atoms with van der Waals surface area (Å²) >= 11 is 0. The second kappa shape index (κ2) is 4.84. The summed E-state index contributed by atoms with van der Waals surface area (Å²) in [7, 11) is 0. The van der Waals surface area contributed by atoms with Crippen LogP contribution in [-0.4, -0.2) is 20.6 Å². The zero-order valence-electron chi connectivity index (χ0n) is 10.7. The average molecular weight is 232 g/mol. The molecule has 2 aromatic rings. The van der Waals surface area contributed by atoms with Crippen molar-refractivity contribution in [2.24, 2.45) is 11.7 Å². The lowest BCUT2D eigenvalue weighted by Gasteiger charge is -2.15. The molecule has 1 unspecified atom stereocenters. The minimum atomic E-state index is 0.157. The zero-order valence-corrected chi connectivity index (χ0v) is 10.7. The zero-order chi connectivity index (χ0) is 12.4. The van der Waals surface area contributed by atoms with Gasteiger partial charge in [-0.05, 0) is 18.9 Å². The lowest BCUT2D eigenvalue weighted by molar-refractivity contribution is 0.474. The number of hydrogen-bond donors (Lipinski definition) is 1. The predicted octanol–water partition coefficient (Wildman–Crippen LogP) is 1.98. The highest BCUT2D eigenvalue weighted by molar-refractivity contribution is 5.74. The van der Waals surface area contributed by atoms with Crippen LogP contribution in [0.4, 0.5) is 0 Å². The standard InChI is InChI=1S/C13H20N4/c1-4-17-12-5-6-15-8-11(12)16-13(17)7-10(14)9(2)3/h5-6,8-10H,4,7,14H2,1-3H3. The summed E-state index contributed by atoms with van der Waals surface area (Å²) in [6.07, 6.45) is 4.44. The molecular formula is C13H20N4. The highest BCUT2D eigenvalue weighted by atomic mass is 15.1. The van der Waals surface area contributed by atoms with Gasteiger partial charge >= 0.3 is 0 Å². The van der Waals surface area contributed by atoms with Crippen LogP contribution in [0.3, 0.4) is 0 Å². The fourth-order valence-corrected chi connectivity index (χ4v) is 1.99. The Morgan fingerprint density at radius 3 is 2.82 bits per heavy atom. The van der Waals surface area contributed by atoms with Crippen LogP contribution in [0, 0.1) is 5.92 Å². The Morgan fingerprint density at radius 2 is 2.18 bits per heavy atom. The summed E-state index contributed by atoms with van der Waals surface area (Å²) in [5.74, 6) is 1.54. The van der Waals surface area contributed by atoms with E-state index >= 15 is 0 Å². The summed E-state index contributed by atoms with van der Waals surface area (Å²) in [5.41, 5.74) is 8.23. The van der Waals surface area contributed by atoms with Gasteiger partial charge in [-0.2, -0.15) is 0 Å². The topological polar surface area (TPSA) is 56.7 Å². The molecule has 0 aliphatic heterocycles. The van der Waals surface area contributed by atoms with Crippen LogP contribution < -0.4 is 5.73 Å². The molecule has 2 rings (SSSR count). The van der Waals surface area contributed by atoms with Gasteiger partial charge in [0.1, 0.15) is 11.3 Å². The third-order valence-electron chi connectivity index (χ3n) is 3.22. The molecule has 17 heavy (non-hydrogen) atoms. The molecule has 0 amide bonds. The monoisotopic (exact) mass is 232 g/mol. The van der Waals surface area contributed by atoms with Gasteiger partial charge in [0.05, 0.1) is 11.7 Å². The van der Waals surface area contributed by atoms with Crippen molar-refractivity contribution in [2.45, 2.75) is 39.8 Å². The second-order valence-electron chi connectivity index (χ2n) is 4.75. The second-order valence-corrected chi connectivity index (χ2v) is 4.75. The lowest BCUT2D eigenvalue weighted by Crippen LogP contribution is -2.30. The van der Waals surface area contributed by atoms with Crippen LogP contribution in [-0.2, 0) is 13.0 Å². The fourth-order valence-electron chi connectivity index (χ4n) is 1.99. The average Bonchev–Trinajstić information content (AvgIpc) is 2.65.